The van der Waals surface area contributed by atoms with E-state index in [-0.39, 0.29) is 18.0 Å². The van der Waals surface area contributed by atoms with Crippen LogP contribution in [0.25, 0.3) is 0 Å². The molecule has 2 nitrogen and oxygen atoms in total. The van der Waals surface area contributed by atoms with Crippen LogP contribution in [0.5, 0.6) is 0 Å². The molecule has 0 saturated carbocycles. The highest BCUT2D eigenvalue weighted by Crippen LogP contribution is 2.10. The second kappa shape index (κ2) is 5.24. The lowest BCUT2D eigenvalue weighted by Gasteiger charge is -2.27. The van der Waals surface area contributed by atoms with Crippen molar-refractivity contribution in [2.45, 2.75) is 32.4 Å². The molecule has 0 aromatic heterocycles. The second-order valence-corrected chi connectivity index (χ2v) is 4.05. The molecule has 0 radical (unpaired) electrons. The zero-order valence-corrected chi connectivity index (χ0v) is 9.26. The lowest BCUT2D eigenvalue weighted by molar-refractivity contribution is 0.169. The van der Waals surface area contributed by atoms with Crippen LogP contribution in [-0.2, 0) is 6.54 Å². The van der Waals surface area contributed by atoms with Gasteiger partial charge in [0.2, 0.25) is 0 Å². The molecule has 0 aliphatic heterocycles. The minimum absolute atomic E-state index is 0.102. The van der Waals surface area contributed by atoms with Crippen LogP contribution in [0.3, 0.4) is 0 Å². The van der Waals surface area contributed by atoms with E-state index < -0.39 is 0 Å². The Bertz CT molecular complexity index is 293. The summed E-state index contributed by atoms with van der Waals surface area (Å²) in [6.45, 7) is 4.74. The normalized spacial score (nSPS) is 14.9. The second-order valence-electron chi connectivity index (χ2n) is 4.05. The Balaban J connectivity index is 2.53. The average molecular weight is 211 g/mol. The number of aliphatic hydroxyl groups is 1. The predicted molar refractivity (Wildman–Crippen MR) is 59.0 cm³/mol. The van der Waals surface area contributed by atoms with Crippen LogP contribution in [0.1, 0.15) is 25.8 Å². The van der Waals surface area contributed by atoms with Gasteiger partial charge >= 0.3 is 0 Å². The van der Waals surface area contributed by atoms with Crippen molar-refractivity contribution < 1.29 is 9.50 Å². The third kappa shape index (κ3) is 3.61. The Labute approximate surface area is 90.1 Å². The van der Waals surface area contributed by atoms with E-state index in [1.54, 1.807) is 12.1 Å². The molecule has 0 spiro atoms. The number of halogens is 1. The largest absolute Gasteiger partial charge is 0.394 e. The molecular weight excluding hydrogens is 193 g/mol. The van der Waals surface area contributed by atoms with Crippen LogP contribution in [0, 0.1) is 5.82 Å². The van der Waals surface area contributed by atoms with Crippen molar-refractivity contribution in [1.82, 2.24) is 5.32 Å². The van der Waals surface area contributed by atoms with Crippen molar-refractivity contribution >= 4 is 0 Å². The Morgan fingerprint density at radius 3 is 2.40 bits per heavy atom. The summed E-state index contributed by atoms with van der Waals surface area (Å²) < 4.78 is 12.6. The molecule has 0 fully saturated rings. The molecule has 2 N–H and O–H groups in total. The van der Waals surface area contributed by atoms with Crippen molar-refractivity contribution in [3.8, 4) is 0 Å². The first-order chi connectivity index (χ1) is 7.09. The highest BCUT2D eigenvalue weighted by atomic mass is 19.1. The number of hydrogen-bond acceptors (Lipinski definition) is 2. The number of benzene rings is 1. The molecule has 0 bridgehead atoms. The van der Waals surface area contributed by atoms with Crippen molar-refractivity contribution in [1.29, 1.82) is 0 Å². The summed E-state index contributed by atoms with van der Waals surface area (Å²) in [6.07, 6.45) is 0.852. The molecule has 15 heavy (non-hydrogen) atoms. The van der Waals surface area contributed by atoms with Gasteiger partial charge in [-0.2, -0.15) is 0 Å². The van der Waals surface area contributed by atoms with Gasteiger partial charge in [0.15, 0.2) is 0 Å². The molecule has 1 aromatic rings. The molecule has 1 rings (SSSR count). The topological polar surface area (TPSA) is 32.3 Å². The quantitative estimate of drug-likeness (QED) is 0.781. The summed E-state index contributed by atoms with van der Waals surface area (Å²) in [6, 6.07) is 6.38. The Kier molecular flexibility index (Phi) is 4.24. The van der Waals surface area contributed by atoms with Gasteiger partial charge in [0.05, 0.1) is 6.61 Å². The van der Waals surface area contributed by atoms with E-state index >= 15 is 0 Å². The zero-order valence-electron chi connectivity index (χ0n) is 9.26. The van der Waals surface area contributed by atoms with Crippen LogP contribution in [0.4, 0.5) is 4.39 Å². The Hall–Kier alpha value is -0.930. The van der Waals surface area contributed by atoms with E-state index in [9.17, 15) is 9.50 Å². The van der Waals surface area contributed by atoms with Crippen molar-refractivity contribution in [3.63, 3.8) is 0 Å². The van der Waals surface area contributed by atoms with Gasteiger partial charge < -0.3 is 10.4 Å². The van der Waals surface area contributed by atoms with Gasteiger partial charge in [0, 0.05) is 12.1 Å². The molecule has 84 valence electrons. The lowest BCUT2D eigenvalue weighted by Crippen LogP contribution is -2.44. The number of rotatable bonds is 5. The fraction of sp³-hybridized carbons (Fsp3) is 0.500. The molecule has 0 amide bonds. The van der Waals surface area contributed by atoms with E-state index in [1.165, 1.54) is 12.1 Å². The Morgan fingerprint density at radius 1 is 1.33 bits per heavy atom. The van der Waals surface area contributed by atoms with Crippen molar-refractivity contribution in [3.05, 3.63) is 35.6 Å². The van der Waals surface area contributed by atoms with Gasteiger partial charge in [-0.1, -0.05) is 19.1 Å². The smallest absolute Gasteiger partial charge is 0.123 e. The van der Waals surface area contributed by atoms with Crippen LogP contribution in [-0.4, -0.2) is 17.3 Å². The standard InChI is InChI=1S/C12H18FNO/c1-3-12(2,9-15)14-8-10-4-6-11(13)7-5-10/h4-7,14-15H,3,8-9H2,1-2H3. The van der Waals surface area contributed by atoms with Crippen LogP contribution in [0.15, 0.2) is 24.3 Å². The average Bonchev–Trinajstić information content (AvgIpc) is 2.28. The molecule has 3 heteroatoms. The summed E-state index contributed by atoms with van der Waals surface area (Å²) in [7, 11) is 0. The molecule has 0 saturated heterocycles. The van der Waals surface area contributed by atoms with E-state index in [2.05, 4.69) is 5.32 Å². The molecular formula is C12H18FNO. The fourth-order valence-corrected chi connectivity index (χ4v) is 1.21. The van der Waals surface area contributed by atoms with Gasteiger partial charge in [-0.25, -0.2) is 4.39 Å². The third-order valence-corrected chi connectivity index (χ3v) is 2.76. The predicted octanol–water partition coefficient (Wildman–Crippen LogP) is 2.08. The third-order valence-electron chi connectivity index (χ3n) is 2.76. The van der Waals surface area contributed by atoms with E-state index in [1.807, 2.05) is 13.8 Å². The number of aliphatic hydroxyl groups excluding tert-OH is 1. The molecule has 0 heterocycles. The highest BCUT2D eigenvalue weighted by molar-refractivity contribution is 5.16. The molecule has 1 aromatic carbocycles. The maximum atomic E-state index is 12.6. The van der Waals surface area contributed by atoms with E-state index in [0.29, 0.717) is 6.54 Å². The summed E-state index contributed by atoms with van der Waals surface area (Å²) in [5.74, 6) is -0.223. The zero-order chi connectivity index (χ0) is 11.3. The van der Waals surface area contributed by atoms with Gasteiger partial charge in [0.1, 0.15) is 5.82 Å². The highest BCUT2D eigenvalue weighted by Gasteiger charge is 2.19. The lowest BCUT2D eigenvalue weighted by atomic mass is 10.00. The summed E-state index contributed by atoms with van der Waals surface area (Å²) >= 11 is 0. The molecule has 0 aliphatic rings. The van der Waals surface area contributed by atoms with Gasteiger partial charge in [-0.05, 0) is 31.0 Å². The fourth-order valence-electron chi connectivity index (χ4n) is 1.21. The van der Waals surface area contributed by atoms with Gasteiger partial charge in [0.25, 0.3) is 0 Å². The van der Waals surface area contributed by atoms with Crippen molar-refractivity contribution in [2.75, 3.05) is 6.61 Å². The number of hydrogen-bond donors (Lipinski definition) is 2. The van der Waals surface area contributed by atoms with Crippen LogP contribution >= 0.6 is 0 Å². The SMILES string of the molecule is CCC(C)(CO)NCc1ccc(F)cc1. The number of nitrogens with one attached hydrogen (secondary N) is 1. The summed E-state index contributed by atoms with van der Waals surface area (Å²) in [5.41, 5.74) is 0.763. The minimum Gasteiger partial charge on any atom is -0.394 e. The Morgan fingerprint density at radius 2 is 1.93 bits per heavy atom. The summed E-state index contributed by atoms with van der Waals surface area (Å²) in [4.78, 5) is 0. The molecule has 0 aliphatic carbocycles. The van der Waals surface area contributed by atoms with Gasteiger partial charge in [-0.3, -0.25) is 0 Å². The first kappa shape index (κ1) is 12.1. The first-order valence-corrected chi connectivity index (χ1v) is 5.20. The molecule has 1 atom stereocenters. The summed E-state index contributed by atoms with van der Waals surface area (Å²) in [5, 5.41) is 12.4. The minimum atomic E-state index is -0.256. The first-order valence-electron chi connectivity index (χ1n) is 5.20. The van der Waals surface area contributed by atoms with Crippen molar-refractivity contribution in [2.24, 2.45) is 0 Å². The van der Waals surface area contributed by atoms with Crippen LogP contribution < -0.4 is 5.32 Å². The van der Waals surface area contributed by atoms with E-state index in [0.717, 1.165) is 12.0 Å². The maximum absolute atomic E-state index is 12.6. The van der Waals surface area contributed by atoms with E-state index in [4.69, 9.17) is 0 Å². The maximum Gasteiger partial charge on any atom is 0.123 e. The molecule has 1 unspecified atom stereocenters. The monoisotopic (exact) mass is 211 g/mol. The van der Waals surface area contributed by atoms with Gasteiger partial charge in [-0.15, -0.1) is 0 Å². The van der Waals surface area contributed by atoms with Crippen LogP contribution in [0.2, 0.25) is 0 Å².